The van der Waals surface area contributed by atoms with Crippen molar-refractivity contribution in [2.75, 3.05) is 39.3 Å². The second kappa shape index (κ2) is 17.7. The van der Waals surface area contributed by atoms with Crippen LogP contribution in [0.2, 0.25) is 0 Å². The Morgan fingerprint density at radius 1 is 0.863 bits per heavy atom. The van der Waals surface area contributed by atoms with E-state index in [-0.39, 0.29) is 42.4 Å². The highest BCUT2D eigenvalue weighted by atomic mass is 16.2. The number of fused-ring (bicyclic) bond motifs is 1. The summed E-state index contributed by atoms with van der Waals surface area (Å²) in [6.07, 6.45) is 5.30. The molecule has 5 rings (SSSR count). The molecule has 0 aliphatic carbocycles. The number of amides is 5. The number of nitrogens with two attached hydrogens (primary N) is 1. The number of carbonyl (C=O) groups is 4. The lowest BCUT2D eigenvalue weighted by Gasteiger charge is -2.45. The van der Waals surface area contributed by atoms with E-state index in [1.54, 1.807) is 9.80 Å². The molecule has 0 saturated carbocycles. The summed E-state index contributed by atoms with van der Waals surface area (Å²) in [6.45, 7) is 8.55. The summed E-state index contributed by atoms with van der Waals surface area (Å²) in [6, 6.07) is 22.7. The van der Waals surface area contributed by atoms with Crippen molar-refractivity contribution in [3.8, 4) is 0 Å². The van der Waals surface area contributed by atoms with Crippen LogP contribution in [-0.2, 0) is 27.2 Å². The number of piperazine rings is 1. The Bertz CT molecular complexity index is 1640. The first-order valence-electron chi connectivity index (χ1n) is 18.8. The second-order valence-corrected chi connectivity index (χ2v) is 14.6. The number of rotatable bonds is 13. The first kappa shape index (κ1) is 37.8. The van der Waals surface area contributed by atoms with E-state index in [0.717, 1.165) is 41.2 Å². The molecule has 0 bridgehead atoms. The zero-order valence-corrected chi connectivity index (χ0v) is 30.6. The van der Waals surface area contributed by atoms with Crippen molar-refractivity contribution < 1.29 is 19.2 Å². The molecule has 4 atom stereocenters. The van der Waals surface area contributed by atoms with Crippen molar-refractivity contribution in [3.63, 3.8) is 0 Å². The number of piperidine rings is 1. The van der Waals surface area contributed by atoms with Gasteiger partial charge in [0.05, 0.1) is 5.41 Å². The van der Waals surface area contributed by atoms with Gasteiger partial charge in [-0.2, -0.15) is 0 Å². The molecule has 2 aliphatic rings. The molecule has 2 saturated heterocycles. The number of hydrogen-bond acceptors (Lipinski definition) is 5. The Morgan fingerprint density at radius 2 is 1.57 bits per heavy atom. The van der Waals surface area contributed by atoms with Crippen LogP contribution in [0.3, 0.4) is 0 Å². The molecule has 10 nitrogen and oxygen atoms in total. The molecule has 3 aromatic carbocycles. The molecule has 10 heteroatoms. The quantitative estimate of drug-likeness (QED) is 0.220. The standard InChI is InChI=1S/C41H56N6O4/c1-4-43-39(50)41(26-32-14-7-5-8-15-32)21-13-23-45(29-41)38(49)36(25-33-19-20-34-16-10-11-17-35(34)24-33)44-40(51)46-27-30(2)47(31(3)28-46)37(48)18-9-6-12-22-42/h5,7-8,10-11,14-17,19-20,24,30-31,36H,4,6,9,12-13,18,21-23,25-29,42H2,1-3H3,(H,43,50)(H,44,51)/t30?,31?,36?,41-/m0/s1. The highest BCUT2D eigenvalue weighted by molar-refractivity contribution is 5.90. The van der Waals surface area contributed by atoms with E-state index in [0.29, 0.717) is 64.8 Å². The number of likely N-dealkylation sites (tertiary alicyclic amines) is 1. The molecule has 0 aromatic heterocycles. The third kappa shape index (κ3) is 9.47. The van der Waals surface area contributed by atoms with Crippen molar-refractivity contribution in [3.05, 3.63) is 83.9 Å². The lowest BCUT2D eigenvalue weighted by molar-refractivity contribution is -0.142. The van der Waals surface area contributed by atoms with Crippen LogP contribution in [0.1, 0.15) is 70.4 Å². The maximum absolute atomic E-state index is 14.6. The van der Waals surface area contributed by atoms with E-state index < -0.39 is 11.5 Å². The minimum atomic E-state index is -0.840. The molecular formula is C41H56N6O4. The van der Waals surface area contributed by atoms with Crippen LogP contribution in [0.4, 0.5) is 4.79 Å². The number of nitrogens with zero attached hydrogens (tertiary/aromatic N) is 3. The highest BCUT2D eigenvalue weighted by Gasteiger charge is 2.45. The fraction of sp³-hybridized carbons (Fsp3) is 0.512. The molecule has 0 spiro atoms. The fourth-order valence-electron chi connectivity index (χ4n) is 8.03. The zero-order chi connectivity index (χ0) is 36.4. The molecule has 4 N–H and O–H groups in total. The molecular weight excluding hydrogens is 640 g/mol. The molecule has 5 amide bonds. The van der Waals surface area contributed by atoms with Crippen molar-refractivity contribution in [1.29, 1.82) is 0 Å². The molecule has 3 unspecified atom stereocenters. The summed E-state index contributed by atoms with van der Waals surface area (Å²) in [5.74, 6) is -0.130. The van der Waals surface area contributed by atoms with Gasteiger partial charge in [0.1, 0.15) is 6.04 Å². The minimum Gasteiger partial charge on any atom is -0.356 e. The number of carbonyl (C=O) groups excluding carboxylic acids is 4. The summed E-state index contributed by atoms with van der Waals surface area (Å²) in [7, 11) is 0. The smallest absolute Gasteiger partial charge is 0.318 e. The van der Waals surface area contributed by atoms with E-state index in [1.807, 2.05) is 86.3 Å². The zero-order valence-electron chi connectivity index (χ0n) is 30.6. The van der Waals surface area contributed by atoms with E-state index >= 15 is 0 Å². The van der Waals surface area contributed by atoms with Gasteiger partial charge in [-0.15, -0.1) is 0 Å². The van der Waals surface area contributed by atoms with Gasteiger partial charge in [-0.05, 0) is 81.3 Å². The van der Waals surface area contributed by atoms with Gasteiger partial charge in [0.15, 0.2) is 0 Å². The summed E-state index contributed by atoms with van der Waals surface area (Å²) >= 11 is 0. The van der Waals surface area contributed by atoms with Gasteiger partial charge < -0.3 is 31.1 Å². The molecule has 2 fully saturated rings. The van der Waals surface area contributed by atoms with Crippen LogP contribution in [0.25, 0.3) is 10.8 Å². The minimum absolute atomic E-state index is 0.0451. The first-order valence-corrected chi connectivity index (χ1v) is 18.8. The van der Waals surface area contributed by atoms with Crippen LogP contribution in [0, 0.1) is 5.41 Å². The highest BCUT2D eigenvalue weighted by Crippen LogP contribution is 2.35. The first-order chi connectivity index (χ1) is 24.6. The molecule has 2 aliphatic heterocycles. The summed E-state index contributed by atoms with van der Waals surface area (Å²) in [4.78, 5) is 61.0. The Hall–Kier alpha value is -4.44. The van der Waals surface area contributed by atoms with Gasteiger partial charge in [0.25, 0.3) is 0 Å². The number of nitrogens with one attached hydrogen (secondary N) is 2. The van der Waals surface area contributed by atoms with Gasteiger partial charge in [0, 0.05) is 57.6 Å². The topological polar surface area (TPSA) is 128 Å². The molecule has 2 heterocycles. The van der Waals surface area contributed by atoms with Crippen molar-refractivity contribution in [2.24, 2.45) is 11.1 Å². The maximum Gasteiger partial charge on any atom is 0.318 e. The van der Waals surface area contributed by atoms with Gasteiger partial charge >= 0.3 is 6.03 Å². The summed E-state index contributed by atoms with van der Waals surface area (Å²) in [5, 5.41) is 8.34. The van der Waals surface area contributed by atoms with Crippen molar-refractivity contribution in [1.82, 2.24) is 25.3 Å². The molecule has 274 valence electrons. The average Bonchev–Trinajstić information content (AvgIpc) is 3.13. The van der Waals surface area contributed by atoms with Gasteiger partial charge in [-0.3, -0.25) is 14.4 Å². The lowest BCUT2D eigenvalue weighted by Crippen LogP contribution is -2.63. The lowest BCUT2D eigenvalue weighted by atomic mass is 9.74. The Kier molecular flexibility index (Phi) is 13.1. The predicted molar refractivity (Wildman–Crippen MR) is 202 cm³/mol. The number of unbranched alkanes of at least 4 members (excludes halogenated alkanes) is 2. The van der Waals surface area contributed by atoms with Gasteiger partial charge in [-0.25, -0.2) is 4.79 Å². The van der Waals surface area contributed by atoms with Crippen LogP contribution in [-0.4, -0.2) is 95.8 Å². The number of hydrogen-bond donors (Lipinski definition) is 3. The summed E-state index contributed by atoms with van der Waals surface area (Å²) < 4.78 is 0. The van der Waals surface area contributed by atoms with Gasteiger partial charge in [0.2, 0.25) is 17.7 Å². The van der Waals surface area contributed by atoms with E-state index in [9.17, 15) is 19.2 Å². The van der Waals surface area contributed by atoms with Crippen LogP contribution >= 0.6 is 0 Å². The fourth-order valence-corrected chi connectivity index (χ4v) is 8.03. The van der Waals surface area contributed by atoms with E-state index in [4.69, 9.17) is 5.73 Å². The van der Waals surface area contributed by atoms with Crippen molar-refractivity contribution in [2.45, 2.75) is 90.3 Å². The number of urea groups is 1. The monoisotopic (exact) mass is 696 g/mol. The second-order valence-electron chi connectivity index (χ2n) is 14.6. The molecule has 0 radical (unpaired) electrons. The third-order valence-electron chi connectivity index (χ3n) is 10.5. The third-order valence-corrected chi connectivity index (χ3v) is 10.5. The van der Waals surface area contributed by atoms with Crippen LogP contribution < -0.4 is 16.4 Å². The Morgan fingerprint density at radius 3 is 2.27 bits per heavy atom. The van der Waals surface area contributed by atoms with Crippen molar-refractivity contribution >= 4 is 34.5 Å². The maximum atomic E-state index is 14.6. The van der Waals surface area contributed by atoms with E-state index in [1.165, 1.54) is 0 Å². The van der Waals surface area contributed by atoms with Crippen LogP contribution in [0.15, 0.2) is 72.8 Å². The normalized spacial score (nSPS) is 21.3. The van der Waals surface area contributed by atoms with Crippen LogP contribution in [0.5, 0.6) is 0 Å². The molecule has 3 aromatic rings. The van der Waals surface area contributed by atoms with E-state index in [2.05, 4.69) is 22.8 Å². The SMILES string of the molecule is CCNC(=O)[C@]1(Cc2ccccc2)CCCN(C(=O)C(Cc2ccc3ccccc3c2)NC(=O)N2CC(C)N(C(=O)CCCCCN)C(C)C2)C1. The average molecular weight is 697 g/mol. The number of benzene rings is 3. The Balaban J connectivity index is 1.36. The summed E-state index contributed by atoms with van der Waals surface area (Å²) in [5.41, 5.74) is 6.84. The predicted octanol–water partition coefficient (Wildman–Crippen LogP) is 4.89. The largest absolute Gasteiger partial charge is 0.356 e. The Labute approximate surface area is 303 Å². The van der Waals surface area contributed by atoms with Gasteiger partial charge in [-0.1, -0.05) is 79.2 Å². The molecule has 51 heavy (non-hydrogen) atoms.